The number of hydrogen-bond acceptors (Lipinski definition) is 3. The zero-order chi connectivity index (χ0) is 12.3. The number of nitrogens with one attached hydrogen (secondary N) is 1. The summed E-state index contributed by atoms with van der Waals surface area (Å²) in [6, 6.07) is 5.30. The molecule has 1 aromatic rings. The minimum Gasteiger partial charge on any atom is -0.281 e. The number of rotatable bonds is 3. The van der Waals surface area contributed by atoms with Gasteiger partial charge in [0.15, 0.2) is 5.75 Å². The molecule has 0 heterocycles. The fourth-order valence-electron chi connectivity index (χ4n) is 1.32. The summed E-state index contributed by atoms with van der Waals surface area (Å²) in [6.45, 7) is 3.73. The molecule has 1 N–H and O–H groups in total. The van der Waals surface area contributed by atoms with Crippen LogP contribution in [0.25, 0.3) is 0 Å². The molecule has 0 atom stereocenters. The van der Waals surface area contributed by atoms with Gasteiger partial charge in [0.1, 0.15) is 0 Å². The fraction of sp³-hybridized carbons (Fsp3) is 0.300. The summed E-state index contributed by atoms with van der Waals surface area (Å²) in [6.07, 6.45) is 0. The van der Waals surface area contributed by atoms with E-state index in [1.807, 2.05) is 26.0 Å². The van der Waals surface area contributed by atoms with Crippen LogP contribution < -0.4 is 4.72 Å². The maximum atomic E-state index is 11.4. The summed E-state index contributed by atoms with van der Waals surface area (Å²) in [4.78, 5) is 0. The largest absolute Gasteiger partial charge is 0.281 e. The van der Waals surface area contributed by atoms with Gasteiger partial charge >= 0.3 is 0 Å². The van der Waals surface area contributed by atoms with Crippen LogP contribution in [0.4, 0.5) is 5.69 Å². The lowest BCUT2D eigenvalue weighted by molar-refractivity contribution is 0.604. The molecule has 0 radical (unpaired) electrons. The maximum Gasteiger partial charge on any atom is 0.246 e. The molecule has 0 bridgehead atoms. The first-order valence-electron chi connectivity index (χ1n) is 4.50. The molecule has 0 spiro atoms. The van der Waals surface area contributed by atoms with Crippen LogP contribution in [0.2, 0.25) is 0 Å². The van der Waals surface area contributed by atoms with Crippen LogP contribution in [0.1, 0.15) is 11.1 Å². The Morgan fingerprint density at radius 3 is 2.56 bits per heavy atom. The van der Waals surface area contributed by atoms with Gasteiger partial charge in [0.25, 0.3) is 0 Å². The Kier molecular flexibility index (Phi) is 3.94. The van der Waals surface area contributed by atoms with Crippen LogP contribution in [-0.4, -0.2) is 14.2 Å². The van der Waals surface area contributed by atoms with Gasteiger partial charge in [-0.1, -0.05) is 6.07 Å². The first-order chi connectivity index (χ1) is 7.35. The zero-order valence-corrected chi connectivity index (χ0v) is 11.3. The molecule has 4 nitrogen and oxygen atoms in total. The van der Waals surface area contributed by atoms with Gasteiger partial charge in [-0.05, 0) is 47.0 Å². The second-order valence-corrected chi connectivity index (χ2v) is 6.03. The van der Waals surface area contributed by atoms with Crippen molar-refractivity contribution in [2.75, 3.05) is 10.5 Å². The molecule has 16 heavy (non-hydrogen) atoms. The van der Waals surface area contributed by atoms with Crippen molar-refractivity contribution in [3.05, 3.63) is 27.7 Å². The summed E-state index contributed by atoms with van der Waals surface area (Å²) in [5, 5.41) is 8.38. The van der Waals surface area contributed by atoms with Gasteiger partial charge in [0.05, 0.1) is 11.8 Å². The lowest BCUT2D eigenvalue weighted by Crippen LogP contribution is -2.16. The molecular formula is C10H11BrN2O2S. The van der Waals surface area contributed by atoms with E-state index in [0.29, 0.717) is 10.2 Å². The van der Waals surface area contributed by atoms with E-state index in [-0.39, 0.29) is 0 Å². The Bertz CT molecular complexity index is 523. The molecule has 0 saturated heterocycles. The average Bonchev–Trinajstić information content (AvgIpc) is 2.11. The number of sulfonamides is 1. The normalized spacial score (nSPS) is 10.9. The quantitative estimate of drug-likeness (QED) is 0.931. The first-order valence-corrected chi connectivity index (χ1v) is 6.94. The van der Waals surface area contributed by atoms with E-state index in [4.69, 9.17) is 5.26 Å². The van der Waals surface area contributed by atoms with Crippen molar-refractivity contribution in [1.29, 1.82) is 5.26 Å². The van der Waals surface area contributed by atoms with Crippen LogP contribution >= 0.6 is 15.9 Å². The topological polar surface area (TPSA) is 70.0 Å². The molecule has 0 aliphatic rings. The van der Waals surface area contributed by atoms with Crippen LogP contribution in [0, 0.1) is 25.2 Å². The molecule has 6 heteroatoms. The third-order valence-electron chi connectivity index (χ3n) is 1.94. The van der Waals surface area contributed by atoms with Gasteiger partial charge < -0.3 is 0 Å². The summed E-state index contributed by atoms with van der Waals surface area (Å²) < 4.78 is 25.9. The minimum absolute atomic E-state index is 0.487. The van der Waals surface area contributed by atoms with Crippen LogP contribution in [-0.2, 0) is 10.0 Å². The number of halogens is 1. The molecular weight excluding hydrogens is 292 g/mol. The molecule has 0 unspecified atom stereocenters. The lowest BCUT2D eigenvalue weighted by atomic mass is 10.1. The highest BCUT2D eigenvalue weighted by molar-refractivity contribution is 9.10. The number of benzene rings is 1. The van der Waals surface area contributed by atoms with Gasteiger partial charge in [-0.3, -0.25) is 4.72 Å². The van der Waals surface area contributed by atoms with Gasteiger partial charge in [-0.2, -0.15) is 5.26 Å². The molecule has 0 saturated carbocycles. The van der Waals surface area contributed by atoms with Gasteiger partial charge in [0, 0.05) is 4.47 Å². The van der Waals surface area contributed by atoms with Crippen molar-refractivity contribution in [3.63, 3.8) is 0 Å². The molecule has 0 amide bonds. The molecule has 86 valence electrons. The monoisotopic (exact) mass is 302 g/mol. The van der Waals surface area contributed by atoms with Gasteiger partial charge in [-0.25, -0.2) is 8.42 Å². The highest BCUT2D eigenvalue weighted by Crippen LogP contribution is 2.28. The highest BCUT2D eigenvalue weighted by Gasteiger charge is 2.13. The Hall–Kier alpha value is -1.06. The van der Waals surface area contributed by atoms with E-state index in [9.17, 15) is 8.42 Å². The molecule has 0 aliphatic heterocycles. The summed E-state index contributed by atoms with van der Waals surface area (Å²) in [7, 11) is -3.58. The third-order valence-corrected chi connectivity index (χ3v) is 3.59. The second kappa shape index (κ2) is 4.85. The van der Waals surface area contributed by atoms with Crippen LogP contribution in [0.5, 0.6) is 0 Å². The Morgan fingerprint density at radius 2 is 2.06 bits per heavy atom. The van der Waals surface area contributed by atoms with Crippen molar-refractivity contribution in [2.45, 2.75) is 13.8 Å². The molecule has 1 rings (SSSR count). The van der Waals surface area contributed by atoms with Crippen LogP contribution in [0.3, 0.4) is 0 Å². The number of nitrogens with zero attached hydrogens (tertiary/aromatic N) is 1. The highest BCUT2D eigenvalue weighted by atomic mass is 79.9. The molecule has 0 fully saturated rings. The number of anilines is 1. The Balaban J connectivity index is 3.13. The van der Waals surface area contributed by atoms with Crippen LogP contribution in [0.15, 0.2) is 16.6 Å². The second-order valence-electron chi connectivity index (χ2n) is 3.46. The smallest absolute Gasteiger partial charge is 0.246 e. The number of nitriles is 1. The van der Waals surface area contributed by atoms with Crippen molar-refractivity contribution in [2.24, 2.45) is 0 Å². The van der Waals surface area contributed by atoms with E-state index in [2.05, 4.69) is 20.7 Å². The Morgan fingerprint density at radius 1 is 1.44 bits per heavy atom. The summed E-state index contributed by atoms with van der Waals surface area (Å²) >= 11 is 3.29. The SMILES string of the molecule is Cc1cc(C)c(NS(=O)(=O)CC#N)c(Br)c1. The number of aryl methyl sites for hydroxylation is 2. The summed E-state index contributed by atoms with van der Waals surface area (Å²) in [5.74, 6) is -0.549. The van der Waals surface area contributed by atoms with E-state index in [0.717, 1.165) is 11.1 Å². The van der Waals surface area contributed by atoms with E-state index in [1.54, 1.807) is 6.07 Å². The molecule has 0 aliphatic carbocycles. The van der Waals surface area contributed by atoms with Gasteiger partial charge in [0.2, 0.25) is 10.0 Å². The predicted molar refractivity (Wildman–Crippen MR) is 66.6 cm³/mol. The van der Waals surface area contributed by atoms with E-state index < -0.39 is 15.8 Å². The van der Waals surface area contributed by atoms with Crippen molar-refractivity contribution in [3.8, 4) is 6.07 Å². The van der Waals surface area contributed by atoms with Gasteiger partial charge in [-0.15, -0.1) is 0 Å². The number of hydrogen-bond donors (Lipinski definition) is 1. The Labute approximate surface area is 103 Å². The lowest BCUT2D eigenvalue weighted by Gasteiger charge is -2.11. The predicted octanol–water partition coefficient (Wildman–Crippen LogP) is 2.33. The summed E-state index contributed by atoms with van der Waals surface area (Å²) in [5.41, 5.74) is 2.34. The average molecular weight is 303 g/mol. The fourth-order valence-corrected chi connectivity index (χ4v) is 3.05. The zero-order valence-electron chi connectivity index (χ0n) is 8.91. The first kappa shape index (κ1) is 13.0. The standard InChI is InChI=1S/C10H11BrN2O2S/c1-7-5-8(2)10(9(11)6-7)13-16(14,15)4-3-12/h5-6,13H,4H2,1-2H3. The van der Waals surface area contributed by atoms with Crippen molar-refractivity contribution < 1.29 is 8.42 Å². The third kappa shape index (κ3) is 3.22. The molecule has 1 aromatic carbocycles. The van der Waals surface area contributed by atoms with E-state index >= 15 is 0 Å². The van der Waals surface area contributed by atoms with E-state index in [1.165, 1.54) is 0 Å². The van der Waals surface area contributed by atoms with Crippen molar-refractivity contribution in [1.82, 2.24) is 0 Å². The molecule has 0 aromatic heterocycles. The van der Waals surface area contributed by atoms with Crippen molar-refractivity contribution >= 4 is 31.6 Å². The maximum absolute atomic E-state index is 11.4. The minimum atomic E-state index is -3.58.